The number of amides is 2. The molecule has 2 heterocycles. The average molecular weight is 399 g/mol. The number of fused-ring (bicyclic) bond motifs is 1. The molecule has 0 saturated heterocycles. The predicted octanol–water partition coefficient (Wildman–Crippen LogP) is 4.90. The zero-order valence-electron chi connectivity index (χ0n) is 17.4. The lowest BCUT2D eigenvalue weighted by Crippen LogP contribution is -2.28. The molecule has 0 spiro atoms. The van der Waals surface area contributed by atoms with Gasteiger partial charge in [-0.1, -0.05) is 54.6 Å². The second kappa shape index (κ2) is 8.37. The maximum absolute atomic E-state index is 11.9. The average Bonchev–Trinajstić information content (AvgIpc) is 3.04. The van der Waals surface area contributed by atoms with Crippen LogP contribution in [0, 0.1) is 13.8 Å². The Morgan fingerprint density at radius 2 is 1.67 bits per heavy atom. The first-order valence-electron chi connectivity index (χ1n) is 10.1. The fourth-order valence-corrected chi connectivity index (χ4v) is 3.51. The SMILES string of the molecule is CCNC(=O)Nc1cc2nc(C)n(Cc3ccc(-c4ccccc4)cc3)c2nc1C. The minimum Gasteiger partial charge on any atom is -0.338 e. The number of urea groups is 1. The van der Waals surface area contributed by atoms with Crippen molar-refractivity contribution in [3.05, 3.63) is 77.7 Å². The van der Waals surface area contributed by atoms with E-state index in [1.54, 1.807) is 0 Å². The second-order valence-corrected chi connectivity index (χ2v) is 7.26. The summed E-state index contributed by atoms with van der Waals surface area (Å²) < 4.78 is 2.11. The first-order chi connectivity index (χ1) is 14.5. The zero-order valence-corrected chi connectivity index (χ0v) is 17.4. The van der Waals surface area contributed by atoms with Gasteiger partial charge in [0, 0.05) is 6.54 Å². The molecule has 4 rings (SSSR count). The Bertz CT molecular complexity index is 1180. The van der Waals surface area contributed by atoms with Crippen LogP contribution in [0.15, 0.2) is 60.7 Å². The molecule has 2 N–H and O–H groups in total. The van der Waals surface area contributed by atoms with Gasteiger partial charge >= 0.3 is 6.03 Å². The smallest absolute Gasteiger partial charge is 0.319 e. The summed E-state index contributed by atoms with van der Waals surface area (Å²) in [4.78, 5) is 21.3. The van der Waals surface area contributed by atoms with E-state index in [0.717, 1.165) is 22.7 Å². The van der Waals surface area contributed by atoms with Gasteiger partial charge in [0.1, 0.15) is 11.3 Å². The van der Waals surface area contributed by atoms with E-state index in [-0.39, 0.29) is 6.03 Å². The lowest BCUT2D eigenvalue weighted by atomic mass is 10.0. The van der Waals surface area contributed by atoms with Gasteiger partial charge in [-0.05, 0) is 43.5 Å². The number of rotatable bonds is 5. The molecule has 0 saturated carbocycles. The predicted molar refractivity (Wildman–Crippen MR) is 121 cm³/mol. The molecule has 152 valence electrons. The van der Waals surface area contributed by atoms with Gasteiger partial charge in [-0.3, -0.25) is 0 Å². The molecule has 6 heteroatoms. The van der Waals surface area contributed by atoms with Gasteiger partial charge < -0.3 is 15.2 Å². The quantitative estimate of drug-likeness (QED) is 0.501. The normalized spacial score (nSPS) is 10.9. The van der Waals surface area contributed by atoms with Gasteiger partial charge in [-0.15, -0.1) is 0 Å². The topological polar surface area (TPSA) is 71.8 Å². The minimum atomic E-state index is -0.239. The van der Waals surface area contributed by atoms with Crippen molar-refractivity contribution in [3.63, 3.8) is 0 Å². The van der Waals surface area contributed by atoms with Crippen LogP contribution in [0.2, 0.25) is 0 Å². The van der Waals surface area contributed by atoms with Gasteiger partial charge in [0.15, 0.2) is 5.65 Å². The lowest BCUT2D eigenvalue weighted by molar-refractivity contribution is 0.252. The van der Waals surface area contributed by atoms with Crippen molar-refractivity contribution in [3.8, 4) is 11.1 Å². The van der Waals surface area contributed by atoms with Gasteiger partial charge in [-0.2, -0.15) is 0 Å². The first-order valence-corrected chi connectivity index (χ1v) is 10.1. The van der Waals surface area contributed by atoms with Gasteiger partial charge in [-0.25, -0.2) is 14.8 Å². The molecule has 0 aliphatic rings. The molecule has 4 aromatic rings. The lowest BCUT2D eigenvalue weighted by Gasteiger charge is -2.10. The third-order valence-corrected chi connectivity index (χ3v) is 5.09. The standard InChI is InChI=1S/C24H25N5O/c1-4-25-24(30)28-21-14-22-23(26-16(21)2)29(17(3)27-22)15-18-10-12-20(13-11-18)19-8-6-5-7-9-19/h5-14H,4,15H2,1-3H3,(H2,25,28,30). The number of nitrogens with zero attached hydrogens (tertiary/aromatic N) is 3. The van der Waals surface area contributed by atoms with Crippen molar-refractivity contribution in [2.24, 2.45) is 0 Å². The number of hydrogen-bond donors (Lipinski definition) is 2. The van der Waals surface area contributed by atoms with E-state index in [0.29, 0.717) is 18.8 Å². The number of carbonyl (C=O) groups is 1. The molecule has 2 amide bonds. The van der Waals surface area contributed by atoms with E-state index < -0.39 is 0 Å². The fraction of sp³-hybridized carbons (Fsp3) is 0.208. The highest BCUT2D eigenvalue weighted by molar-refractivity contribution is 5.92. The monoisotopic (exact) mass is 399 g/mol. The highest BCUT2D eigenvalue weighted by atomic mass is 16.2. The maximum Gasteiger partial charge on any atom is 0.319 e. The molecule has 6 nitrogen and oxygen atoms in total. The third-order valence-electron chi connectivity index (χ3n) is 5.09. The van der Waals surface area contributed by atoms with Gasteiger partial charge in [0.05, 0.1) is 17.9 Å². The molecular formula is C24H25N5O. The molecule has 2 aromatic heterocycles. The van der Waals surface area contributed by atoms with Crippen molar-refractivity contribution in [2.45, 2.75) is 27.3 Å². The van der Waals surface area contributed by atoms with E-state index in [4.69, 9.17) is 4.98 Å². The summed E-state index contributed by atoms with van der Waals surface area (Å²) in [5.74, 6) is 0.888. The summed E-state index contributed by atoms with van der Waals surface area (Å²) in [6.07, 6.45) is 0. The van der Waals surface area contributed by atoms with Crippen LogP contribution in [0.1, 0.15) is 24.0 Å². The van der Waals surface area contributed by atoms with Crippen molar-refractivity contribution in [2.75, 3.05) is 11.9 Å². The van der Waals surface area contributed by atoms with Crippen LogP contribution in [-0.4, -0.2) is 27.1 Å². The van der Waals surface area contributed by atoms with Gasteiger partial charge in [0.25, 0.3) is 0 Å². The molecule has 0 aliphatic heterocycles. The summed E-state index contributed by atoms with van der Waals surface area (Å²) in [5.41, 5.74) is 6.60. The van der Waals surface area contributed by atoms with E-state index in [9.17, 15) is 4.79 Å². The Morgan fingerprint density at radius 3 is 2.37 bits per heavy atom. The molecule has 0 atom stereocenters. The second-order valence-electron chi connectivity index (χ2n) is 7.26. The van der Waals surface area contributed by atoms with E-state index in [1.807, 2.05) is 45.0 Å². The number of aryl methyl sites for hydroxylation is 2. The van der Waals surface area contributed by atoms with E-state index >= 15 is 0 Å². The van der Waals surface area contributed by atoms with Crippen LogP contribution < -0.4 is 10.6 Å². The summed E-state index contributed by atoms with van der Waals surface area (Å²) in [7, 11) is 0. The number of carbonyl (C=O) groups excluding carboxylic acids is 1. The van der Waals surface area contributed by atoms with Gasteiger partial charge in [0.2, 0.25) is 0 Å². The molecule has 0 aliphatic carbocycles. The number of aromatic nitrogens is 3. The molecule has 30 heavy (non-hydrogen) atoms. The highest BCUT2D eigenvalue weighted by Crippen LogP contribution is 2.24. The molecule has 0 unspecified atom stereocenters. The highest BCUT2D eigenvalue weighted by Gasteiger charge is 2.14. The number of nitrogens with one attached hydrogen (secondary N) is 2. The van der Waals surface area contributed by atoms with E-state index in [2.05, 4.69) is 56.6 Å². The summed E-state index contributed by atoms with van der Waals surface area (Å²) >= 11 is 0. The molecule has 0 bridgehead atoms. The van der Waals surface area contributed by atoms with Crippen molar-refractivity contribution < 1.29 is 4.79 Å². The van der Waals surface area contributed by atoms with Crippen LogP contribution >= 0.6 is 0 Å². The fourth-order valence-electron chi connectivity index (χ4n) is 3.51. The Hall–Kier alpha value is -3.67. The number of pyridine rings is 1. The number of imidazole rings is 1. The van der Waals surface area contributed by atoms with Crippen LogP contribution in [0.25, 0.3) is 22.3 Å². The summed E-state index contributed by atoms with van der Waals surface area (Å²) in [5, 5.41) is 5.57. The Morgan fingerprint density at radius 1 is 0.967 bits per heavy atom. The van der Waals surface area contributed by atoms with Crippen molar-refractivity contribution in [1.82, 2.24) is 19.9 Å². The Kier molecular flexibility index (Phi) is 5.48. The van der Waals surface area contributed by atoms with E-state index in [1.165, 1.54) is 16.7 Å². The summed E-state index contributed by atoms with van der Waals surface area (Å²) in [6.45, 7) is 7.00. The number of benzene rings is 2. The Balaban J connectivity index is 1.60. The Labute approximate surface area is 176 Å². The van der Waals surface area contributed by atoms with Crippen LogP contribution in [-0.2, 0) is 6.54 Å². The van der Waals surface area contributed by atoms with Crippen LogP contribution in [0.3, 0.4) is 0 Å². The van der Waals surface area contributed by atoms with Crippen LogP contribution in [0.4, 0.5) is 10.5 Å². The molecule has 0 radical (unpaired) electrons. The third kappa shape index (κ3) is 4.03. The molecule has 0 fully saturated rings. The molecule has 2 aromatic carbocycles. The number of hydrogen-bond acceptors (Lipinski definition) is 3. The van der Waals surface area contributed by atoms with Crippen molar-refractivity contribution >= 4 is 22.9 Å². The summed E-state index contributed by atoms with van der Waals surface area (Å²) in [6, 6.07) is 20.6. The maximum atomic E-state index is 11.9. The van der Waals surface area contributed by atoms with Crippen molar-refractivity contribution in [1.29, 1.82) is 0 Å². The minimum absolute atomic E-state index is 0.239. The zero-order chi connectivity index (χ0) is 21.1. The first kappa shape index (κ1) is 19.6. The van der Waals surface area contributed by atoms with Crippen LogP contribution in [0.5, 0.6) is 0 Å². The number of anilines is 1. The largest absolute Gasteiger partial charge is 0.338 e. The molecular weight excluding hydrogens is 374 g/mol.